The van der Waals surface area contributed by atoms with Crippen LogP contribution in [0.3, 0.4) is 0 Å². The zero-order valence-corrected chi connectivity index (χ0v) is 14.5. The van der Waals surface area contributed by atoms with Crippen molar-refractivity contribution in [2.45, 2.75) is 6.61 Å². The largest absolute Gasteiger partial charge is 0.496 e. The predicted molar refractivity (Wildman–Crippen MR) is 88.6 cm³/mol. The normalized spacial score (nSPS) is 10.4. The zero-order chi connectivity index (χ0) is 14.7. The number of nitrogen functional groups attached to an aromatic ring is 1. The molecule has 0 heterocycles. The van der Waals surface area contributed by atoms with Crippen LogP contribution in [0.15, 0.2) is 39.3 Å². The maximum atomic E-state index is 6.11. The van der Waals surface area contributed by atoms with Crippen molar-refractivity contribution in [3.8, 4) is 11.5 Å². The number of ether oxygens (including phenoxy) is 2. The van der Waals surface area contributed by atoms with E-state index in [1.807, 2.05) is 12.1 Å². The third-order valence-corrected chi connectivity index (χ3v) is 4.33. The maximum absolute atomic E-state index is 6.11. The molecule has 0 radical (unpaired) electrons. The fourth-order valence-electron chi connectivity index (χ4n) is 1.65. The van der Waals surface area contributed by atoms with Crippen molar-refractivity contribution in [1.29, 1.82) is 0 Å². The Balaban J connectivity index is 2.21. The van der Waals surface area contributed by atoms with Crippen LogP contribution < -0.4 is 15.2 Å². The molecule has 20 heavy (non-hydrogen) atoms. The van der Waals surface area contributed by atoms with Gasteiger partial charge in [-0.25, -0.2) is 0 Å². The quantitative estimate of drug-likeness (QED) is 0.704. The summed E-state index contributed by atoms with van der Waals surface area (Å²) >= 11 is 13.0. The van der Waals surface area contributed by atoms with Gasteiger partial charge in [0, 0.05) is 16.3 Å². The summed E-state index contributed by atoms with van der Waals surface area (Å²) in [5.74, 6) is 1.40. The second kappa shape index (κ2) is 6.70. The van der Waals surface area contributed by atoms with Gasteiger partial charge in [-0.15, -0.1) is 0 Å². The van der Waals surface area contributed by atoms with E-state index in [4.69, 9.17) is 26.8 Å². The van der Waals surface area contributed by atoms with Crippen LogP contribution in [0.5, 0.6) is 11.5 Å². The van der Waals surface area contributed by atoms with Crippen molar-refractivity contribution in [2.24, 2.45) is 0 Å². The molecule has 0 unspecified atom stereocenters. The molecule has 0 bridgehead atoms. The van der Waals surface area contributed by atoms with E-state index in [-0.39, 0.29) is 0 Å². The number of hydrogen-bond donors (Lipinski definition) is 1. The minimum absolute atomic E-state index is 0.295. The van der Waals surface area contributed by atoms with E-state index in [9.17, 15) is 0 Å². The Kier molecular flexibility index (Phi) is 5.18. The van der Waals surface area contributed by atoms with Crippen molar-refractivity contribution in [1.82, 2.24) is 0 Å². The van der Waals surface area contributed by atoms with Gasteiger partial charge in [0.1, 0.15) is 18.1 Å². The smallest absolute Gasteiger partial charge is 0.135 e. The van der Waals surface area contributed by atoms with E-state index >= 15 is 0 Å². The molecule has 0 atom stereocenters. The third kappa shape index (κ3) is 3.40. The molecular formula is C14H12Br2ClNO2. The first-order valence-electron chi connectivity index (χ1n) is 5.71. The third-order valence-electron chi connectivity index (χ3n) is 2.73. The lowest BCUT2D eigenvalue weighted by Gasteiger charge is -2.13. The maximum Gasteiger partial charge on any atom is 0.135 e. The molecule has 2 N–H and O–H groups in total. The van der Waals surface area contributed by atoms with Gasteiger partial charge in [0.2, 0.25) is 0 Å². The Bertz CT molecular complexity index is 615. The van der Waals surface area contributed by atoms with Crippen molar-refractivity contribution < 1.29 is 9.47 Å². The first kappa shape index (κ1) is 15.5. The lowest BCUT2D eigenvalue weighted by molar-refractivity contribution is 0.304. The number of rotatable bonds is 4. The molecule has 0 saturated heterocycles. The minimum atomic E-state index is 0.295. The molecule has 0 aliphatic rings. The lowest BCUT2D eigenvalue weighted by Crippen LogP contribution is -2.01. The number of benzene rings is 2. The topological polar surface area (TPSA) is 44.5 Å². The number of halogens is 3. The second-order valence-corrected chi connectivity index (χ2v) is 6.13. The number of anilines is 1. The van der Waals surface area contributed by atoms with Gasteiger partial charge in [-0.1, -0.05) is 17.7 Å². The highest BCUT2D eigenvalue weighted by Gasteiger charge is 2.10. The highest BCUT2D eigenvalue weighted by molar-refractivity contribution is 9.11. The fraction of sp³-hybridized carbons (Fsp3) is 0.143. The summed E-state index contributed by atoms with van der Waals surface area (Å²) in [4.78, 5) is 0. The monoisotopic (exact) mass is 419 g/mol. The molecule has 106 valence electrons. The number of hydrogen-bond acceptors (Lipinski definition) is 3. The molecule has 6 heteroatoms. The molecule has 0 spiro atoms. The molecule has 0 aromatic heterocycles. The summed E-state index contributed by atoms with van der Waals surface area (Å²) in [7, 11) is 1.61. The molecule has 3 nitrogen and oxygen atoms in total. The Morgan fingerprint density at radius 2 is 1.80 bits per heavy atom. The van der Waals surface area contributed by atoms with Crippen LogP contribution in [0.2, 0.25) is 5.02 Å². The van der Waals surface area contributed by atoms with Crippen molar-refractivity contribution in [3.05, 3.63) is 49.9 Å². The van der Waals surface area contributed by atoms with E-state index in [2.05, 4.69) is 31.9 Å². The van der Waals surface area contributed by atoms with Crippen LogP contribution in [0, 0.1) is 0 Å². The zero-order valence-electron chi connectivity index (χ0n) is 10.6. The SMILES string of the molecule is COc1cc(Br)c(OCc2c(N)cccc2Cl)cc1Br. The van der Waals surface area contributed by atoms with E-state index in [1.54, 1.807) is 25.3 Å². The van der Waals surface area contributed by atoms with Crippen molar-refractivity contribution >= 4 is 49.1 Å². The molecule has 0 aliphatic heterocycles. The van der Waals surface area contributed by atoms with Crippen LogP contribution in [-0.2, 0) is 6.61 Å². The highest BCUT2D eigenvalue weighted by Crippen LogP contribution is 2.36. The van der Waals surface area contributed by atoms with Gasteiger partial charge in [-0.05, 0) is 56.1 Å². The van der Waals surface area contributed by atoms with Crippen LogP contribution in [0.25, 0.3) is 0 Å². The van der Waals surface area contributed by atoms with Crippen LogP contribution in [0.4, 0.5) is 5.69 Å². The Hall–Kier alpha value is -0.910. The molecule has 0 aliphatic carbocycles. The van der Waals surface area contributed by atoms with Crippen LogP contribution in [0.1, 0.15) is 5.56 Å². The molecule has 0 saturated carbocycles. The molecular weight excluding hydrogens is 409 g/mol. The van der Waals surface area contributed by atoms with Gasteiger partial charge in [0.15, 0.2) is 0 Å². The highest BCUT2D eigenvalue weighted by atomic mass is 79.9. The minimum Gasteiger partial charge on any atom is -0.496 e. The molecule has 2 aromatic rings. The molecule has 0 fully saturated rings. The average molecular weight is 422 g/mol. The van der Waals surface area contributed by atoms with Gasteiger partial charge >= 0.3 is 0 Å². The second-order valence-electron chi connectivity index (χ2n) is 4.01. The van der Waals surface area contributed by atoms with Gasteiger partial charge in [-0.2, -0.15) is 0 Å². The Labute approximate surface area is 139 Å². The van der Waals surface area contributed by atoms with Gasteiger partial charge in [0.05, 0.1) is 16.1 Å². The summed E-state index contributed by atoms with van der Waals surface area (Å²) in [6, 6.07) is 9.05. The first-order valence-corrected chi connectivity index (χ1v) is 7.68. The molecule has 2 rings (SSSR count). The number of nitrogens with two attached hydrogens (primary N) is 1. The molecule has 0 amide bonds. The van der Waals surface area contributed by atoms with Crippen molar-refractivity contribution in [3.63, 3.8) is 0 Å². The average Bonchev–Trinajstić information content (AvgIpc) is 2.41. The fourth-order valence-corrected chi connectivity index (χ4v) is 2.81. The summed E-state index contributed by atoms with van der Waals surface area (Å²) in [6.07, 6.45) is 0. The first-order chi connectivity index (χ1) is 9.52. The van der Waals surface area contributed by atoms with Crippen molar-refractivity contribution in [2.75, 3.05) is 12.8 Å². The van der Waals surface area contributed by atoms with Gasteiger partial charge < -0.3 is 15.2 Å². The predicted octanol–water partition coefficient (Wildman–Crippen LogP) is 5.03. The molecule has 2 aromatic carbocycles. The van der Waals surface area contributed by atoms with Crippen LogP contribution in [-0.4, -0.2) is 7.11 Å². The summed E-state index contributed by atoms with van der Waals surface area (Å²) in [5.41, 5.74) is 7.28. The summed E-state index contributed by atoms with van der Waals surface area (Å²) in [5, 5.41) is 0.591. The Morgan fingerprint density at radius 1 is 1.15 bits per heavy atom. The summed E-state index contributed by atoms with van der Waals surface area (Å²) in [6.45, 7) is 0.295. The van der Waals surface area contributed by atoms with E-state index in [0.29, 0.717) is 23.1 Å². The lowest BCUT2D eigenvalue weighted by atomic mass is 10.2. The van der Waals surface area contributed by atoms with E-state index < -0.39 is 0 Å². The summed E-state index contributed by atoms with van der Waals surface area (Å²) < 4.78 is 12.6. The van der Waals surface area contributed by atoms with E-state index in [0.717, 1.165) is 20.3 Å². The van der Waals surface area contributed by atoms with Gasteiger partial charge in [0.25, 0.3) is 0 Å². The Morgan fingerprint density at radius 3 is 2.45 bits per heavy atom. The van der Waals surface area contributed by atoms with Crippen LogP contribution >= 0.6 is 43.5 Å². The van der Waals surface area contributed by atoms with Gasteiger partial charge in [-0.3, -0.25) is 0 Å². The number of methoxy groups -OCH3 is 1. The van der Waals surface area contributed by atoms with E-state index in [1.165, 1.54) is 0 Å². The standard InChI is InChI=1S/C14H12Br2ClNO2/c1-19-13-5-10(16)14(6-9(13)15)20-7-8-11(17)3-2-4-12(8)18/h2-6H,7,18H2,1H3.